The summed E-state index contributed by atoms with van der Waals surface area (Å²) in [4.78, 5) is 24.7. The highest BCUT2D eigenvalue weighted by molar-refractivity contribution is 5.95. The van der Waals surface area contributed by atoms with Crippen molar-refractivity contribution in [2.24, 2.45) is 0 Å². The number of carboxylic acid groups (broad SMARTS) is 1. The lowest BCUT2D eigenvalue weighted by Gasteiger charge is -2.37. The molecule has 272 valence electrons. The number of ether oxygens (including phenoxy) is 2. The molecule has 6 nitrogen and oxygen atoms in total. The van der Waals surface area contributed by atoms with E-state index in [0.717, 1.165) is 18.2 Å². The second-order valence-corrected chi connectivity index (χ2v) is 11.2. The van der Waals surface area contributed by atoms with Gasteiger partial charge in [-0.2, -0.15) is 30.7 Å². The molecule has 0 radical (unpaired) electrons. The molecule has 16 heteroatoms. The molecule has 0 saturated heterocycles. The van der Waals surface area contributed by atoms with Gasteiger partial charge in [-0.15, -0.1) is 0 Å². The van der Waals surface area contributed by atoms with Crippen molar-refractivity contribution in [2.45, 2.75) is 49.9 Å². The first-order chi connectivity index (χ1) is 23.9. The van der Waals surface area contributed by atoms with Crippen LogP contribution in [0.1, 0.15) is 51.9 Å². The van der Waals surface area contributed by atoms with E-state index in [9.17, 15) is 44.7 Å². The van der Waals surface area contributed by atoms with Crippen molar-refractivity contribution in [3.8, 4) is 11.5 Å². The van der Waals surface area contributed by atoms with E-state index in [1.54, 1.807) is 6.07 Å². The van der Waals surface area contributed by atoms with Gasteiger partial charge in [0.2, 0.25) is 0 Å². The average molecular weight is 732 g/mol. The number of carbonyl (C=O) groups is 2. The van der Waals surface area contributed by atoms with Gasteiger partial charge in [-0.1, -0.05) is 36.4 Å². The van der Waals surface area contributed by atoms with E-state index in [2.05, 4.69) is 10.1 Å². The summed E-state index contributed by atoms with van der Waals surface area (Å²) in [5.41, 5.74) is -5.12. The third kappa shape index (κ3) is 9.70. The number of alkyl halides is 7. The number of unbranched alkanes of at least 4 members (excludes halogenated alkanes) is 1. The van der Waals surface area contributed by atoms with E-state index in [0.29, 0.717) is 35.9 Å². The first-order valence-corrected chi connectivity index (χ1v) is 14.9. The Morgan fingerprint density at radius 2 is 1.47 bits per heavy atom. The fourth-order valence-corrected chi connectivity index (χ4v) is 5.12. The zero-order valence-corrected chi connectivity index (χ0v) is 26.1. The van der Waals surface area contributed by atoms with Crippen molar-refractivity contribution in [1.82, 2.24) is 5.32 Å². The summed E-state index contributed by atoms with van der Waals surface area (Å²) in [7, 11) is 0. The summed E-state index contributed by atoms with van der Waals surface area (Å²) in [5, 5.41) is 11.3. The Kier molecular flexibility index (Phi) is 11.9. The van der Waals surface area contributed by atoms with Crippen LogP contribution in [-0.2, 0) is 22.9 Å². The zero-order chi connectivity index (χ0) is 37.6. The van der Waals surface area contributed by atoms with Gasteiger partial charge in [0.25, 0.3) is 5.91 Å². The molecule has 4 aromatic rings. The van der Waals surface area contributed by atoms with Crippen LogP contribution in [0.5, 0.6) is 11.5 Å². The molecular formula is C35H27F10NO5. The zero-order valence-electron chi connectivity index (χ0n) is 26.1. The van der Waals surface area contributed by atoms with Gasteiger partial charge in [0, 0.05) is 24.5 Å². The molecule has 4 aromatic carbocycles. The van der Waals surface area contributed by atoms with Crippen molar-refractivity contribution in [2.75, 3.05) is 6.61 Å². The van der Waals surface area contributed by atoms with E-state index in [4.69, 9.17) is 9.84 Å². The van der Waals surface area contributed by atoms with Crippen LogP contribution in [-0.4, -0.2) is 36.1 Å². The van der Waals surface area contributed by atoms with Crippen LogP contribution in [0, 0.1) is 17.5 Å². The van der Waals surface area contributed by atoms with Crippen LogP contribution < -0.4 is 14.8 Å². The van der Waals surface area contributed by atoms with Gasteiger partial charge in [0.1, 0.15) is 17.4 Å². The van der Waals surface area contributed by atoms with Gasteiger partial charge >= 0.3 is 24.7 Å². The summed E-state index contributed by atoms with van der Waals surface area (Å²) in [6, 6.07) is 13.7. The molecule has 0 heterocycles. The standard InChI is InChI=1S/C35H27F10NO5/c36-24-15-23(16-25(18-24)51-35(44,45)32(39)40)33(19-20-6-2-1-3-7-20,46-31(49)21-9-11-27(37)26(14-21)34(41,42)43)22-10-12-28(38)29(17-22)50-13-5-4-8-30(47)48/h1-3,6-7,9-12,14-18,32H,4-5,8,13,19H2,(H,46,49)(H,47,48). The Bertz CT molecular complexity index is 1850. The number of hydrogen-bond acceptors (Lipinski definition) is 4. The van der Waals surface area contributed by atoms with Gasteiger partial charge < -0.3 is 19.9 Å². The van der Waals surface area contributed by atoms with Crippen LogP contribution in [0.2, 0.25) is 0 Å². The number of carboxylic acids is 1. The van der Waals surface area contributed by atoms with Crippen LogP contribution in [0.4, 0.5) is 43.9 Å². The quantitative estimate of drug-likeness (QED) is 0.0943. The van der Waals surface area contributed by atoms with E-state index < -0.39 is 88.2 Å². The Hall–Kier alpha value is -5.28. The number of aliphatic carboxylic acids is 1. The number of halogens is 10. The summed E-state index contributed by atoms with van der Waals surface area (Å²) in [5.74, 6) is -8.04. The molecule has 0 aliphatic rings. The van der Waals surface area contributed by atoms with E-state index in [1.165, 1.54) is 24.3 Å². The third-order valence-electron chi connectivity index (χ3n) is 7.51. The lowest BCUT2D eigenvalue weighted by molar-refractivity contribution is -0.253. The number of carbonyl (C=O) groups excluding carboxylic acids is 1. The maximum absolute atomic E-state index is 15.2. The SMILES string of the molecule is O=C(O)CCCCOc1cc(C(Cc2ccccc2)(NC(=O)c2ccc(F)c(C(F)(F)F)c2)c2cc(F)cc(OC(F)(F)C(F)F)c2)ccc1F. The smallest absolute Gasteiger partial charge is 0.461 e. The average Bonchev–Trinajstić information content (AvgIpc) is 3.04. The Morgan fingerprint density at radius 3 is 2.12 bits per heavy atom. The summed E-state index contributed by atoms with van der Waals surface area (Å²) >= 11 is 0. The summed E-state index contributed by atoms with van der Waals surface area (Å²) < 4.78 is 149. The highest BCUT2D eigenvalue weighted by Crippen LogP contribution is 2.40. The minimum Gasteiger partial charge on any atom is -0.491 e. The predicted molar refractivity (Wildman–Crippen MR) is 161 cm³/mol. The third-order valence-corrected chi connectivity index (χ3v) is 7.51. The van der Waals surface area contributed by atoms with Gasteiger partial charge in [-0.3, -0.25) is 9.59 Å². The second kappa shape index (κ2) is 15.7. The summed E-state index contributed by atoms with van der Waals surface area (Å²) in [6.07, 6.45) is -15.1. The largest absolute Gasteiger partial charge is 0.491 e. The predicted octanol–water partition coefficient (Wildman–Crippen LogP) is 8.91. The molecule has 51 heavy (non-hydrogen) atoms. The molecule has 0 bridgehead atoms. The lowest BCUT2D eigenvalue weighted by Crippen LogP contribution is -2.49. The number of rotatable bonds is 15. The molecular weight excluding hydrogens is 704 g/mol. The van der Waals surface area contributed by atoms with Gasteiger partial charge in [-0.05, 0) is 72.0 Å². The molecule has 0 aromatic heterocycles. The Morgan fingerprint density at radius 1 is 0.784 bits per heavy atom. The number of hydrogen-bond donors (Lipinski definition) is 2. The maximum atomic E-state index is 15.2. The van der Waals surface area contributed by atoms with E-state index in [1.807, 2.05) is 0 Å². The summed E-state index contributed by atoms with van der Waals surface area (Å²) in [6.45, 7) is -0.206. The van der Waals surface area contributed by atoms with Gasteiger partial charge in [0.05, 0.1) is 17.7 Å². The number of benzene rings is 4. The molecule has 2 N–H and O–H groups in total. The first-order valence-electron chi connectivity index (χ1n) is 14.9. The van der Waals surface area contributed by atoms with Crippen molar-refractivity contribution in [3.63, 3.8) is 0 Å². The van der Waals surface area contributed by atoms with Crippen molar-refractivity contribution < 1.29 is 68.1 Å². The number of amides is 1. The molecule has 4 rings (SSSR count). The van der Waals surface area contributed by atoms with Crippen molar-refractivity contribution >= 4 is 11.9 Å². The van der Waals surface area contributed by atoms with Gasteiger partial charge in [0.15, 0.2) is 11.6 Å². The monoisotopic (exact) mass is 731 g/mol. The minimum atomic E-state index is -5.24. The molecule has 0 fully saturated rings. The maximum Gasteiger partial charge on any atom is 0.461 e. The Balaban J connectivity index is 1.95. The highest BCUT2D eigenvalue weighted by Gasteiger charge is 2.45. The second-order valence-electron chi connectivity index (χ2n) is 11.2. The van der Waals surface area contributed by atoms with E-state index in [-0.39, 0.29) is 37.5 Å². The molecule has 0 saturated carbocycles. The number of nitrogens with one attached hydrogen (secondary N) is 1. The molecule has 1 atom stereocenters. The van der Waals surface area contributed by atoms with E-state index >= 15 is 8.78 Å². The normalized spacial score (nSPS) is 13.1. The molecule has 0 aliphatic carbocycles. The molecule has 1 unspecified atom stereocenters. The highest BCUT2D eigenvalue weighted by atomic mass is 19.4. The van der Waals surface area contributed by atoms with Crippen molar-refractivity contribution in [1.29, 1.82) is 0 Å². The van der Waals surface area contributed by atoms with Crippen LogP contribution >= 0.6 is 0 Å². The fraction of sp³-hybridized carbons (Fsp3) is 0.257. The molecule has 0 spiro atoms. The lowest BCUT2D eigenvalue weighted by atomic mass is 9.77. The van der Waals surface area contributed by atoms with Crippen LogP contribution in [0.15, 0.2) is 84.9 Å². The Labute approximate surface area is 283 Å². The molecule has 0 aliphatic heterocycles. The van der Waals surface area contributed by atoms with Crippen molar-refractivity contribution in [3.05, 3.63) is 130 Å². The van der Waals surface area contributed by atoms with Gasteiger partial charge in [-0.25, -0.2) is 13.2 Å². The molecule has 1 amide bonds. The van der Waals surface area contributed by atoms with Crippen LogP contribution in [0.25, 0.3) is 0 Å². The first kappa shape index (κ1) is 38.5. The fourth-order valence-electron chi connectivity index (χ4n) is 5.12. The minimum absolute atomic E-state index is 0.150. The topological polar surface area (TPSA) is 84.9 Å². The van der Waals surface area contributed by atoms with Crippen LogP contribution in [0.3, 0.4) is 0 Å².